The Labute approximate surface area is 142 Å². The second-order valence-electron chi connectivity index (χ2n) is 4.71. The third kappa shape index (κ3) is 3.45. The number of halogens is 2. The molecule has 0 aliphatic carbocycles. The highest BCUT2D eigenvalue weighted by atomic mass is 35.5. The van der Waals surface area contributed by atoms with Crippen LogP contribution in [0.5, 0.6) is 5.75 Å². The molecule has 0 spiro atoms. The van der Waals surface area contributed by atoms with Crippen molar-refractivity contribution < 1.29 is 4.74 Å². The zero-order valence-electron chi connectivity index (χ0n) is 11.8. The van der Waals surface area contributed by atoms with Gasteiger partial charge in [-0.25, -0.2) is 5.10 Å². The summed E-state index contributed by atoms with van der Waals surface area (Å²) in [6.07, 6.45) is 0. The molecule has 3 rings (SSSR count). The molecule has 1 aromatic heterocycles. The summed E-state index contributed by atoms with van der Waals surface area (Å²) >= 11 is 12.0. The van der Waals surface area contributed by atoms with Gasteiger partial charge in [0.1, 0.15) is 24.1 Å². The van der Waals surface area contributed by atoms with E-state index in [0.29, 0.717) is 33.8 Å². The molecule has 0 aliphatic rings. The van der Waals surface area contributed by atoms with Crippen LogP contribution in [-0.2, 0) is 6.61 Å². The molecule has 7 heteroatoms. The average molecular weight is 345 g/mol. The fourth-order valence-electron chi connectivity index (χ4n) is 2.07. The van der Waals surface area contributed by atoms with Crippen LogP contribution in [0, 0.1) is 11.3 Å². The Bertz CT molecular complexity index is 886. The van der Waals surface area contributed by atoms with Gasteiger partial charge in [0.05, 0.1) is 5.02 Å². The fraction of sp³-hybridized carbons (Fsp3) is 0.0625. The highest BCUT2D eigenvalue weighted by Gasteiger charge is 2.10. The number of hydrogen-bond donors (Lipinski definition) is 1. The van der Waals surface area contributed by atoms with Gasteiger partial charge >= 0.3 is 0 Å². The Morgan fingerprint density at radius 1 is 1.17 bits per heavy atom. The van der Waals surface area contributed by atoms with E-state index in [4.69, 9.17) is 33.2 Å². The molecule has 3 aromatic rings. The minimum absolute atomic E-state index is 0.313. The Morgan fingerprint density at radius 2 is 2.04 bits per heavy atom. The first-order chi connectivity index (χ1) is 11.2. The minimum Gasteiger partial charge on any atom is -0.487 e. The van der Waals surface area contributed by atoms with E-state index in [2.05, 4.69) is 15.4 Å². The molecule has 0 bridgehead atoms. The molecule has 1 N–H and O–H groups in total. The van der Waals surface area contributed by atoms with E-state index in [-0.39, 0.29) is 0 Å². The van der Waals surface area contributed by atoms with Crippen LogP contribution >= 0.6 is 23.2 Å². The standard InChI is InChI=1S/C16H10Cl2N4O/c17-12-4-5-13(18)15(7-12)23-9-10-2-1-3-11(6-10)16-14(8-19)20-22-21-16/h1-7H,9H2,(H,20,21,22). The van der Waals surface area contributed by atoms with Gasteiger partial charge in [-0.3, -0.25) is 0 Å². The molecular formula is C16H10Cl2N4O. The summed E-state index contributed by atoms with van der Waals surface area (Å²) in [6.45, 7) is 0.313. The van der Waals surface area contributed by atoms with Crippen molar-refractivity contribution in [2.45, 2.75) is 6.61 Å². The van der Waals surface area contributed by atoms with E-state index >= 15 is 0 Å². The zero-order chi connectivity index (χ0) is 16.2. The lowest BCUT2D eigenvalue weighted by Crippen LogP contribution is -1.96. The minimum atomic E-state index is 0.313. The van der Waals surface area contributed by atoms with E-state index in [1.807, 2.05) is 30.3 Å². The van der Waals surface area contributed by atoms with Crippen molar-refractivity contribution in [1.82, 2.24) is 15.4 Å². The van der Waals surface area contributed by atoms with E-state index in [1.165, 1.54) is 0 Å². The summed E-state index contributed by atoms with van der Waals surface area (Å²) in [5.74, 6) is 0.517. The van der Waals surface area contributed by atoms with Crippen molar-refractivity contribution in [2.75, 3.05) is 0 Å². The van der Waals surface area contributed by atoms with Crippen molar-refractivity contribution in [3.05, 3.63) is 63.8 Å². The van der Waals surface area contributed by atoms with Gasteiger partial charge in [-0.15, -0.1) is 5.10 Å². The maximum absolute atomic E-state index is 9.03. The summed E-state index contributed by atoms with van der Waals surface area (Å²) in [4.78, 5) is 0. The number of nitrogens with one attached hydrogen (secondary N) is 1. The molecule has 23 heavy (non-hydrogen) atoms. The van der Waals surface area contributed by atoms with Crippen molar-refractivity contribution in [3.63, 3.8) is 0 Å². The maximum atomic E-state index is 9.03. The molecule has 114 valence electrons. The molecule has 0 atom stereocenters. The normalized spacial score (nSPS) is 10.3. The summed E-state index contributed by atoms with van der Waals surface area (Å²) in [7, 11) is 0. The number of aromatic amines is 1. The van der Waals surface area contributed by atoms with Gasteiger partial charge in [0.25, 0.3) is 0 Å². The molecule has 0 unspecified atom stereocenters. The third-order valence-corrected chi connectivity index (χ3v) is 3.70. The topological polar surface area (TPSA) is 74.6 Å². The van der Waals surface area contributed by atoms with Crippen molar-refractivity contribution in [1.29, 1.82) is 5.26 Å². The quantitative estimate of drug-likeness (QED) is 0.768. The SMILES string of the molecule is N#Cc1[nH]nnc1-c1cccc(COc2cc(Cl)ccc2Cl)c1. The number of rotatable bonds is 4. The lowest BCUT2D eigenvalue weighted by Gasteiger charge is -2.09. The number of benzene rings is 2. The van der Waals surface area contributed by atoms with Crippen LogP contribution in [0.15, 0.2) is 42.5 Å². The number of ether oxygens (including phenoxy) is 1. The van der Waals surface area contributed by atoms with Crippen LogP contribution in [0.3, 0.4) is 0 Å². The molecule has 0 aliphatic heterocycles. The summed E-state index contributed by atoms with van der Waals surface area (Å²) in [5.41, 5.74) is 2.52. The molecule has 5 nitrogen and oxygen atoms in total. The van der Waals surface area contributed by atoms with Crippen molar-refractivity contribution >= 4 is 23.2 Å². The number of H-pyrrole nitrogens is 1. The maximum Gasteiger partial charge on any atom is 0.163 e. The van der Waals surface area contributed by atoms with Crippen LogP contribution in [-0.4, -0.2) is 15.4 Å². The molecule has 0 amide bonds. The van der Waals surface area contributed by atoms with E-state index in [0.717, 1.165) is 11.1 Å². The summed E-state index contributed by atoms with van der Waals surface area (Å²) in [6, 6.07) is 14.6. The van der Waals surface area contributed by atoms with Gasteiger partial charge in [0.15, 0.2) is 5.69 Å². The zero-order valence-corrected chi connectivity index (χ0v) is 13.3. The van der Waals surface area contributed by atoms with Gasteiger partial charge < -0.3 is 4.74 Å². The van der Waals surface area contributed by atoms with Gasteiger partial charge in [0.2, 0.25) is 0 Å². The summed E-state index contributed by atoms with van der Waals surface area (Å²) in [5, 5.41) is 20.2. The van der Waals surface area contributed by atoms with E-state index in [1.54, 1.807) is 18.2 Å². The molecule has 0 radical (unpaired) electrons. The molecule has 0 saturated carbocycles. The van der Waals surface area contributed by atoms with Crippen LogP contribution < -0.4 is 4.74 Å². The first-order valence-corrected chi connectivity index (χ1v) is 7.41. The van der Waals surface area contributed by atoms with E-state index in [9.17, 15) is 0 Å². The Hall–Kier alpha value is -2.55. The lowest BCUT2D eigenvalue weighted by atomic mass is 10.1. The highest BCUT2D eigenvalue weighted by Crippen LogP contribution is 2.29. The third-order valence-electron chi connectivity index (χ3n) is 3.15. The Balaban J connectivity index is 1.81. The molecule has 0 fully saturated rings. The van der Waals surface area contributed by atoms with Gasteiger partial charge in [-0.1, -0.05) is 46.6 Å². The fourth-order valence-corrected chi connectivity index (χ4v) is 2.40. The predicted octanol–water partition coefficient (Wildman–Crippen LogP) is 4.23. The molecule has 1 heterocycles. The smallest absolute Gasteiger partial charge is 0.163 e. The monoisotopic (exact) mass is 344 g/mol. The Morgan fingerprint density at radius 3 is 2.87 bits per heavy atom. The Kier molecular flexibility index (Phi) is 4.47. The number of nitrogens with zero attached hydrogens (tertiary/aromatic N) is 3. The van der Waals surface area contributed by atoms with Gasteiger partial charge in [-0.05, 0) is 23.8 Å². The van der Waals surface area contributed by atoms with Crippen molar-refractivity contribution in [3.8, 4) is 23.1 Å². The predicted molar refractivity (Wildman–Crippen MR) is 87.3 cm³/mol. The van der Waals surface area contributed by atoms with Crippen LogP contribution in [0.1, 0.15) is 11.3 Å². The second-order valence-corrected chi connectivity index (χ2v) is 5.55. The van der Waals surface area contributed by atoms with Crippen LogP contribution in [0.4, 0.5) is 0 Å². The van der Waals surface area contributed by atoms with Crippen molar-refractivity contribution in [2.24, 2.45) is 0 Å². The number of hydrogen-bond acceptors (Lipinski definition) is 4. The number of aromatic nitrogens is 3. The average Bonchev–Trinajstić information content (AvgIpc) is 3.04. The van der Waals surface area contributed by atoms with E-state index < -0.39 is 0 Å². The highest BCUT2D eigenvalue weighted by molar-refractivity contribution is 6.34. The first-order valence-electron chi connectivity index (χ1n) is 6.65. The van der Waals surface area contributed by atoms with Gasteiger partial charge in [-0.2, -0.15) is 5.26 Å². The molecule has 0 saturated heterocycles. The molecule has 2 aromatic carbocycles. The van der Waals surface area contributed by atoms with Crippen LogP contribution in [0.2, 0.25) is 10.0 Å². The lowest BCUT2D eigenvalue weighted by molar-refractivity contribution is 0.306. The number of nitriles is 1. The second kappa shape index (κ2) is 6.69. The first kappa shape index (κ1) is 15.3. The molecular weight excluding hydrogens is 335 g/mol. The van der Waals surface area contributed by atoms with Gasteiger partial charge in [0, 0.05) is 16.7 Å². The largest absolute Gasteiger partial charge is 0.487 e. The summed E-state index contributed by atoms with van der Waals surface area (Å²) < 4.78 is 5.71. The van der Waals surface area contributed by atoms with Crippen LogP contribution in [0.25, 0.3) is 11.3 Å².